The van der Waals surface area contributed by atoms with Crippen molar-refractivity contribution in [3.8, 4) is 0 Å². The molecule has 0 spiro atoms. The molecule has 0 amide bonds. The molecule has 0 aliphatic carbocycles. The third kappa shape index (κ3) is 4.00. The Bertz CT molecular complexity index is 749. The molecule has 0 saturated heterocycles. The summed E-state index contributed by atoms with van der Waals surface area (Å²) in [7, 11) is 0. The van der Waals surface area contributed by atoms with Gasteiger partial charge < -0.3 is 4.74 Å². The number of benzene rings is 2. The van der Waals surface area contributed by atoms with Gasteiger partial charge in [-0.25, -0.2) is 4.98 Å². The van der Waals surface area contributed by atoms with E-state index in [0.29, 0.717) is 5.15 Å². The second-order valence-corrected chi connectivity index (χ2v) is 5.74. The van der Waals surface area contributed by atoms with Gasteiger partial charge in [0.2, 0.25) is 0 Å². The molecule has 0 bridgehead atoms. The number of carbonyl (C=O) groups is 1. The predicted octanol–water partition coefficient (Wildman–Crippen LogP) is 4.61. The molecule has 1 heterocycles. The Morgan fingerprint density at radius 2 is 1.50 bits per heavy atom. The Hall–Kier alpha value is -2.65. The lowest BCUT2D eigenvalue weighted by molar-refractivity contribution is -0.145. The first kappa shape index (κ1) is 16.2. The van der Waals surface area contributed by atoms with Crippen molar-refractivity contribution in [2.45, 2.75) is 12.5 Å². The zero-order chi connectivity index (χ0) is 16.8. The average molecular weight is 338 g/mol. The van der Waals surface area contributed by atoms with Gasteiger partial charge in [-0.05, 0) is 17.2 Å². The van der Waals surface area contributed by atoms with E-state index in [2.05, 4.69) is 4.98 Å². The monoisotopic (exact) mass is 337 g/mol. The normalized spacial score (nSPS) is 10.6. The molecule has 0 N–H and O–H groups in total. The van der Waals surface area contributed by atoms with Crippen LogP contribution < -0.4 is 0 Å². The van der Waals surface area contributed by atoms with Crippen LogP contribution in [0.5, 0.6) is 0 Å². The molecule has 4 heteroatoms. The van der Waals surface area contributed by atoms with Gasteiger partial charge in [0.25, 0.3) is 0 Å². The number of rotatable bonds is 5. The number of nitrogens with zero attached hydrogens (tertiary/aromatic N) is 1. The fourth-order valence-electron chi connectivity index (χ4n) is 2.49. The van der Waals surface area contributed by atoms with Gasteiger partial charge in [-0.3, -0.25) is 4.79 Å². The zero-order valence-electron chi connectivity index (χ0n) is 12.9. The summed E-state index contributed by atoms with van der Waals surface area (Å²) < 4.78 is 5.52. The van der Waals surface area contributed by atoms with Gasteiger partial charge in [0.05, 0.1) is 0 Å². The highest BCUT2D eigenvalue weighted by molar-refractivity contribution is 6.29. The van der Waals surface area contributed by atoms with E-state index < -0.39 is 5.92 Å². The first-order valence-electron chi connectivity index (χ1n) is 7.61. The molecule has 24 heavy (non-hydrogen) atoms. The Balaban J connectivity index is 1.80. The Morgan fingerprint density at radius 1 is 0.917 bits per heavy atom. The molecule has 2 aromatic carbocycles. The van der Waals surface area contributed by atoms with E-state index >= 15 is 0 Å². The van der Waals surface area contributed by atoms with Gasteiger partial charge in [0.1, 0.15) is 17.7 Å². The molecule has 0 saturated carbocycles. The Morgan fingerprint density at radius 3 is 2.00 bits per heavy atom. The molecule has 120 valence electrons. The molecule has 0 aliphatic heterocycles. The van der Waals surface area contributed by atoms with E-state index in [1.54, 1.807) is 18.3 Å². The molecule has 0 unspecified atom stereocenters. The summed E-state index contributed by atoms with van der Waals surface area (Å²) in [6.07, 6.45) is 1.61. The molecular formula is C20H16ClNO2. The lowest BCUT2D eigenvalue weighted by Crippen LogP contribution is -2.17. The van der Waals surface area contributed by atoms with Crippen LogP contribution in [0.1, 0.15) is 22.6 Å². The number of halogens is 1. The van der Waals surface area contributed by atoms with Crippen LogP contribution in [0.15, 0.2) is 79.0 Å². The number of hydrogen-bond acceptors (Lipinski definition) is 3. The summed E-state index contributed by atoms with van der Waals surface area (Å²) in [6, 6.07) is 22.7. The van der Waals surface area contributed by atoms with Crippen molar-refractivity contribution in [1.29, 1.82) is 0 Å². The maximum atomic E-state index is 12.7. The molecule has 3 rings (SSSR count). The highest BCUT2D eigenvalue weighted by Crippen LogP contribution is 2.26. The molecule has 1 aromatic heterocycles. The van der Waals surface area contributed by atoms with E-state index in [1.165, 1.54) is 0 Å². The summed E-state index contributed by atoms with van der Waals surface area (Å²) in [6.45, 7) is 0.166. The minimum absolute atomic E-state index is 0.166. The van der Waals surface area contributed by atoms with E-state index in [9.17, 15) is 4.79 Å². The van der Waals surface area contributed by atoms with Gasteiger partial charge in [-0.15, -0.1) is 0 Å². The number of carbonyl (C=O) groups excluding carboxylic acids is 1. The molecule has 3 nitrogen and oxygen atoms in total. The lowest BCUT2D eigenvalue weighted by Gasteiger charge is -2.17. The van der Waals surface area contributed by atoms with Crippen molar-refractivity contribution in [2.24, 2.45) is 0 Å². The first-order valence-corrected chi connectivity index (χ1v) is 7.99. The van der Waals surface area contributed by atoms with Gasteiger partial charge in [0.15, 0.2) is 0 Å². The SMILES string of the molecule is O=C(OCc1ccc(Cl)nc1)C(c1ccccc1)c1ccccc1. The van der Waals surface area contributed by atoms with Crippen molar-refractivity contribution in [2.75, 3.05) is 0 Å². The third-order valence-corrected chi connectivity index (χ3v) is 3.89. The van der Waals surface area contributed by atoms with Crippen LogP contribution >= 0.6 is 11.6 Å². The van der Waals surface area contributed by atoms with Crippen LogP contribution in [0.25, 0.3) is 0 Å². The largest absolute Gasteiger partial charge is 0.460 e. The average Bonchev–Trinajstić information content (AvgIpc) is 2.63. The predicted molar refractivity (Wildman–Crippen MR) is 93.8 cm³/mol. The van der Waals surface area contributed by atoms with Crippen LogP contribution in [-0.2, 0) is 16.1 Å². The van der Waals surface area contributed by atoms with Gasteiger partial charge in [-0.1, -0.05) is 78.3 Å². The molecule has 0 radical (unpaired) electrons. The Kier molecular flexibility index (Phi) is 5.24. The number of esters is 1. The highest BCUT2D eigenvalue weighted by Gasteiger charge is 2.24. The van der Waals surface area contributed by atoms with Crippen molar-refractivity contribution in [3.05, 3.63) is 101 Å². The maximum absolute atomic E-state index is 12.7. The molecule has 0 fully saturated rings. The van der Waals surface area contributed by atoms with Crippen molar-refractivity contribution in [1.82, 2.24) is 4.98 Å². The van der Waals surface area contributed by atoms with Crippen LogP contribution in [-0.4, -0.2) is 11.0 Å². The van der Waals surface area contributed by atoms with E-state index in [1.807, 2.05) is 60.7 Å². The summed E-state index contributed by atoms with van der Waals surface area (Å²) >= 11 is 5.77. The minimum atomic E-state index is -0.451. The quantitative estimate of drug-likeness (QED) is 0.504. The van der Waals surface area contributed by atoms with Crippen LogP contribution in [0.3, 0.4) is 0 Å². The number of pyridine rings is 1. The number of hydrogen-bond donors (Lipinski definition) is 0. The fraction of sp³-hybridized carbons (Fsp3) is 0.100. The second-order valence-electron chi connectivity index (χ2n) is 5.35. The zero-order valence-corrected chi connectivity index (χ0v) is 13.7. The van der Waals surface area contributed by atoms with E-state index in [-0.39, 0.29) is 12.6 Å². The summed E-state index contributed by atoms with van der Waals surface area (Å²) in [4.78, 5) is 16.7. The highest BCUT2D eigenvalue weighted by atomic mass is 35.5. The van der Waals surface area contributed by atoms with Crippen LogP contribution in [0.2, 0.25) is 5.15 Å². The van der Waals surface area contributed by atoms with E-state index in [0.717, 1.165) is 16.7 Å². The van der Waals surface area contributed by atoms with Crippen LogP contribution in [0, 0.1) is 0 Å². The summed E-state index contributed by atoms with van der Waals surface area (Å²) in [5.74, 6) is -0.741. The maximum Gasteiger partial charge on any atom is 0.318 e. The molecule has 0 aliphatic rings. The van der Waals surface area contributed by atoms with Crippen molar-refractivity contribution < 1.29 is 9.53 Å². The molecule has 0 atom stereocenters. The van der Waals surface area contributed by atoms with Crippen LogP contribution in [0.4, 0.5) is 0 Å². The fourth-order valence-corrected chi connectivity index (χ4v) is 2.60. The lowest BCUT2D eigenvalue weighted by atomic mass is 9.91. The standard InChI is InChI=1S/C20H16ClNO2/c21-18-12-11-15(13-22-18)14-24-20(23)19(16-7-3-1-4-8-16)17-9-5-2-6-10-17/h1-13,19H,14H2. The topological polar surface area (TPSA) is 39.2 Å². The van der Waals surface area contributed by atoms with Crippen molar-refractivity contribution in [3.63, 3.8) is 0 Å². The second kappa shape index (κ2) is 7.75. The molecule has 3 aromatic rings. The third-order valence-electron chi connectivity index (χ3n) is 3.67. The Labute approximate surface area is 145 Å². The number of aromatic nitrogens is 1. The summed E-state index contributed by atoms with van der Waals surface area (Å²) in [5.41, 5.74) is 2.61. The van der Waals surface area contributed by atoms with Gasteiger partial charge >= 0.3 is 5.97 Å². The van der Waals surface area contributed by atoms with Gasteiger partial charge in [0, 0.05) is 11.8 Å². The summed E-state index contributed by atoms with van der Waals surface area (Å²) in [5, 5.41) is 0.413. The molecular weight excluding hydrogens is 322 g/mol. The van der Waals surface area contributed by atoms with Gasteiger partial charge in [-0.2, -0.15) is 0 Å². The van der Waals surface area contributed by atoms with E-state index in [4.69, 9.17) is 16.3 Å². The number of ether oxygens (including phenoxy) is 1. The first-order chi connectivity index (χ1) is 11.7. The minimum Gasteiger partial charge on any atom is -0.460 e. The smallest absolute Gasteiger partial charge is 0.318 e. The van der Waals surface area contributed by atoms with Crippen molar-refractivity contribution >= 4 is 17.6 Å².